The Balaban J connectivity index is 2.67. The van der Waals surface area contributed by atoms with Gasteiger partial charge in [-0.25, -0.2) is 0 Å². The molecule has 0 atom stereocenters. The second-order valence-corrected chi connectivity index (χ2v) is 5.66. The smallest absolute Gasteiger partial charge is 0.158 e. The monoisotopic (exact) mass is 283 g/mol. The predicted molar refractivity (Wildman–Crippen MR) is 83.8 cm³/mol. The summed E-state index contributed by atoms with van der Waals surface area (Å²) in [6.07, 6.45) is 0. The van der Waals surface area contributed by atoms with E-state index in [0.717, 1.165) is 22.5 Å². The highest BCUT2D eigenvalue weighted by atomic mass is 16.1. The Morgan fingerprint density at radius 3 is 1.67 bits per heavy atom. The maximum atomic E-state index is 12.1. The van der Waals surface area contributed by atoms with E-state index in [1.807, 2.05) is 45.0 Å². The molecule has 0 saturated carbocycles. The molecule has 0 aromatic heterocycles. The topological polar surface area (TPSA) is 46.2 Å². The van der Waals surface area contributed by atoms with Crippen molar-refractivity contribution in [2.24, 2.45) is 0 Å². The van der Waals surface area contributed by atoms with Crippen LogP contribution in [-0.4, -0.2) is 11.6 Å². The molecule has 3 heteroatoms. The second kappa shape index (κ2) is 5.68. The maximum absolute atomic E-state index is 12.1. The molecule has 0 saturated heterocycles. The minimum Gasteiger partial charge on any atom is -0.362 e. The highest BCUT2D eigenvalue weighted by Gasteiger charge is 2.33. The molecule has 1 N–H and O–H groups in total. The summed E-state index contributed by atoms with van der Waals surface area (Å²) in [5.74, 6) is -0.282. The summed E-state index contributed by atoms with van der Waals surface area (Å²) in [4.78, 5) is 24.2. The SMILES string of the molecule is CC(=O)C1=C(C)NC(C)=C(C(C)=O)C1c1ccc(C)cc1. The quantitative estimate of drug-likeness (QED) is 0.924. The lowest BCUT2D eigenvalue weighted by Crippen LogP contribution is -2.29. The summed E-state index contributed by atoms with van der Waals surface area (Å²) in [5, 5.41) is 3.17. The van der Waals surface area contributed by atoms with E-state index >= 15 is 0 Å². The van der Waals surface area contributed by atoms with Gasteiger partial charge in [0, 0.05) is 28.5 Å². The van der Waals surface area contributed by atoms with Crippen LogP contribution in [0.2, 0.25) is 0 Å². The average Bonchev–Trinajstić information content (AvgIpc) is 2.37. The molecule has 1 aliphatic rings. The number of Topliss-reactive ketones (excluding diaryl/α,β-unsaturated/α-hetero) is 2. The number of aryl methyl sites for hydroxylation is 1. The van der Waals surface area contributed by atoms with Gasteiger partial charge in [-0.2, -0.15) is 0 Å². The van der Waals surface area contributed by atoms with Gasteiger partial charge in [-0.05, 0) is 40.2 Å². The van der Waals surface area contributed by atoms with E-state index in [2.05, 4.69) is 5.32 Å². The van der Waals surface area contributed by atoms with Gasteiger partial charge >= 0.3 is 0 Å². The number of ketones is 2. The third-order valence-corrected chi connectivity index (χ3v) is 3.93. The number of hydrogen-bond donors (Lipinski definition) is 1. The van der Waals surface area contributed by atoms with Crippen LogP contribution in [0.1, 0.15) is 44.7 Å². The number of dihydropyridines is 1. The predicted octanol–water partition coefficient (Wildman–Crippen LogP) is 3.41. The van der Waals surface area contributed by atoms with Gasteiger partial charge in [0.1, 0.15) is 0 Å². The maximum Gasteiger partial charge on any atom is 0.158 e. The van der Waals surface area contributed by atoms with Crippen molar-refractivity contribution in [2.45, 2.75) is 40.5 Å². The van der Waals surface area contributed by atoms with E-state index < -0.39 is 0 Å². The fraction of sp³-hybridized carbons (Fsp3) is 0.333. The third-order valence-electron chi connectivity index (χ3n) is 3.93. The zero-order chi connectivity index (χ0) is 15.7. The molecule has 1 aromatic rings. The van der Waals surface area contributed by atoms with Crippen molar-refractivity contribution in [3.05, 3.63) is 57.9 Å². The van der Waals surface area contributed by atoms with Crippen molar-refractivity contribution in [1.82, 2.24) is 5.32 Å². The number of allylic oxidation sites excluding steroid dienone is 4. The van der Waals surface area contributed by atoms with E-state index in [9.17, 15) is 9.59 Å². The molecule has 21 heavy (non-hydrogen) atoms. The fourth-order valence-corrected chi connectivity index (χ4v) is 3.02. The first kappa shape index (κ1) is 15.2. The molecule has 2 rings (SSSR count). The summed E-state index contributed by atoms with van der Waals surface area (Å²) in [7, 11) is 0. The van der Waals surface area contributed by atoms with Crippen LogP contribution in [0, 0.1) is 6.92 Å². The van der Waals surface area contributed by atoms with Gasteiger partial charge < -0.3 is 5.32 Å². The van der Waals surface area contributed by atoms with Crippen molar-refractivity contribution >= 4 is 11.6 Å². The van der Waals surface area contributed by atoms with Crippen LogP contribution in [0.5, 0.6) is 0 Å². The Kier molecular flexibility index (Phi) is 4.12. The number of rotatable bonds is 3. The number of carbonyl (C=O) groups is 2. The standard InChI is InChI=1S/C18H21NO2/c1-10-6-8-15(9-7-10)18-16(13(4)20)11(2)19-12(3)17(18)14(5)21/h6-9,18-19H,1-5H3. The van der Waals surface area contributed by atoms with Gasteiger partial charge in [0.25, 0.3) is 0 Å². The normalized spacial score (nSPS) is 16.0. The van der Waals surface area contributed by atoms with Crippen molar-refractivity contribution in [1.29, 1.82) is 0 Å². The molecule has 110 valence electrons. The van der Waals surface area contributed by atoms with Gasteiger partial charge in [-0.1, -0.05) is 29.8 Å². The van der Waals surface area contributed by atoms with Gasteiger partial charge in [0.15, 0.2) is 11.6 Å². The summed E-state index contributed by atoms with van der Waals surface area (Å²) < 4.78 is 0. The Morgan fingerprint density at radius 1 is 0.857 bits per heavy atom. The summed E-state index contributed by atoms with van der Waals surface area (Å²) in [6.45, 7) is 8.91. The minimum absolute atomic E-state index is 0.00294. The number of carbonyl (C=O) groups excluding carboxylic acids is 2. The van der Waals surface area contributed by atoms with Crippen molar-refractivity contribution in [3.63, 3.8) is 0 Å². The lowest BCUT2D eigenvalue weighted by atomic mass is 9.77. The van der Waals surface area contributed by atoms with Gasteiger partial charge in [0.05, 0.1) is 0 Å². The zero-order valence-corrected chi connectivity index (χ0v) is 13.2. The van der Waals surface area contributed by atoms with Crippen LogP contribution in [0.25, 0.3) is 0 Å². The Bertz CT molecular complexity index is 627. The molecule has 0 amide bonds. The van der Waals surface area contributed by atoms with Crippen LogP contribution >= 0.6 is 0 Å². The van der Waals surface area contributed by atoms with Crippen LogP contribution in [0.15, 0.2) is 46.8 Å². The van der Waals surface area contributed by atoms with Crippen LogP contribution in [0.4, 0.5) is 0 Å². The summed E-state index contributed by atoms with van der Waals surface area (Å²) in [6, 6.07) is 8.02. The molecular formula is C18H21NO2. The lowest BCUT2D eigenvalue weighted by Gasteiger charge is -2.30. The van der Waals surface area contributed by atoms with Crippen molar-refractivity contribution < 1.29 is 9.59 Å². The molecule has 0 aliphatic carbocycles. The first-order valence-electron chi connectivity index (χ1n) is 7.10. The van der Waals surface area contributed by atoms with E-state index in [1.165, 1.54) is 0 Å². The fourth-order valence-electron chi connectivity index (χ4n) is 3.02. The molecule has 1 aromatic carbocycles. The Hall–Kier alpha value is -2.16. The molecule has 0 fully saturated rings. The molecule has 1 aliphatic heterocycles. The molecule has 1 heterocycles. The van der Waals surface area contributed by atoms with Gasteiger partial charge in [-0.3, -0.25) is 9.59 Å². The average molecular weight is 283 g/mol. The molecule has 0 radical (unpaired) electrons. The van der Waals surface area contributed by atoms with E-state index in [4.69, 9.17) is 0 Å². The third kappa shape index (κ3) is 2.82. The molecule has 0 spiro atoms. The molecule has 0 unspecified atom stereocenters. The lowest BCUT2D eigenvalue weighted by molar-refractivity contribution is -0.114. The Morgan fingerprint density at radius 2 is 1.29 bits per heavy atom. The van der Waals surface area contributed by atoms with Crippen LogP contribution in [-0.2, 0) is 9.59 Å². The first-order valence-corrected chi connectivity index (χ1v) is 7.10. The van der Waals surface area contributed by atoms with E-state index in [0.29, 0.717) is 11.1 Å². The molecule has 0 bridgehead atoms. The summed E-state index contributed by atoms with van der Waals surface area (Å²) in [5.41, 5.74) is 5.15. The van der Waals surface area contributed by atoms with Crippen molar-refractivity contribution in [3.8, 4) is 0 Å². The number of benzene rings is 1. The van der Waals surface area contributed by atoms with Gasteiger partial charge in [-0.15, -0.1) is 0 Å². The summed E-state index contributed by atoms with van der Waals surface area (Å²) >= 11 is 0. The zero-order valence-electron chi connectivity index (χ0n) is 13.2. The number of hydrogen-bond acceptors (Lipinski definition) is 3. The largest absolute Gasteiger partial charge is 0.362 e. The second-order valence-electron chi connectivity index (χ2n) is 5.66. The molecular weight excluding hydrogens is 262 g/mol. The number of nitrogens with one attached hydrogen (secondary N) is 1. The van der Waals surface area contributed by atoms with Crippen LogP contribution < -0.4 is 5.32 Å². The first-order chi connectivity index (χ1) is 9.82. The molecule has 3 nitrogen and oxygen atoms in total. The van der Waals surface area contributed by atoms with Crippen molar-refractivity contribution in [2.75, 3.05) is 0 Å². The van der Waals surface area contributed by atoms with E-state index in [-0.39, 0.29) is 17.5 Å². The van der Waals surface area contributed by atoms with Crippen LogP contribution in [0.3, 0.4) is 0 Å². The highest BCUT2D eigenvalue weighted by Crippen LogP contribution is 2.38. The van der Waals surface area contributed by atoms with Gasteiger partial charge in [0.2, 0.25) is 0 Å². The Labute approximate surface area is 125 Å². The minimum atomic E-state index is -0.276. The highest BCUT2D eigenvalue weighted by molar-refractivity contribution is 6.03. The van der Waals surface area contributed by atoms with E-state index in [1.54, 1.807) is 13.8 Å².